The van der Waals surface area contributed by atoms with E-state index in [-0.39, 0.29) is 28.5 Å². The summed E-state index contributed by atoms with van der Waals surface area (Å²) in [6.45, 7) is 0. The minimum Gasteiger partial charge on any atom is -0.493 e. The zero-order chi connectivity index (χ0) is 21.0. The first kappa shape index (κ1) is 21.1. The molecule has 1 aliphatic rings. The Morgan fingerprint density at radius 3 is 2.62 bits per heavy atom. The number of esters is 1. The van der Waals surface area contributed by atoms with Gasteiger partial charge in [-0.2, -0.15) is 11.8 Å². The zero-order valence-corrected chi connectivity index (χ0v) is 17.6. The number of methoxy groups -OCH3 is 3. The fourth-order valence-electron chi connectivity index (χ4n) is 2.69. The Morgan fingerprint density at radius 1 is 1.21 bits per heavy atom. The Labute approximate surface area is 174 Å². The second-order valence-corrected chi connectivity index (χ2v) is 7.82. The molecule has 3 rings (SSSR count). The molecule has 9 nitrogen and oxygen atoms in total. The molecule has 1 amide bonds. The van der Waals surface area contributed by atoms with Crippen LogP contribution in [-0.4, -0.2) is 48.9 Å². The van der Waals surface area contributed by atoms with Gasteiger partial charge in [0.25, 0.3) is 5.56 Å². The minimum atomic E-state index is -0.629. The van der Waals surface area contributed by atoms with Gasteiger partial charge in [0.05, 0.1) is 44.0 Å². The fourth-order valence-corrected chi connectivity index (χ4v) is 4.41. The Balaban J connectivity index is 1.75. The molecule has 0 saturated carbocycles. The van der Waals surface area contributed by atoms with Crippen LogP contribution in [-0.2, 0) is 21.0 Å². The normalized spacial score (nSPS) is 12.2. The van der Waals surface area contributed by atoms with Crippen LogP contribution in [0, 0.1) is 0 Å². The predicted molar refractivity (Wildman–Crippen MR) is 110 cm³/mol. The van der Waals surface area contributed by atoms with E-state index in [2.05, 4.69) is 15.3 Å². The van der Waals surface area contributed by atoms with Gasteiger partial charge < -0.3 is 24.5 Å². The molecule has 1 aromatic carbocycles. The maximum absolute atomic E-state index is 12.4. The molecular formula is C18H19N3O6S2. The molecule has 0 fully saturated rings. The van der Waals surface area contributed by atoms with Crippen LogP contribution in [0.5, 0.6) is 11.5 Å². The molecule has 1 aliphatic heterocycles. The van der Waals surface area contributed by atoms with Gasteiger partial charge >= 0.3 is 5.97 Å². The Hall–Kier alpha value is -2.66. The molecule has 2 N–H and O–H groups in total. The van der Waals surface area contributed by atoms with Crippen LogP contribution in [0.3, 0.4) is 0 Å². The summed E-state index contributed by atoms with van der Waals surface area (Å²) in [4.78, 5) is 43.7. The van der Waals surface area contributed by atoms with Crippen molar-refractivity contribution < 1.29 is 23.8 Å². The van der Waals surface area contributed by atoms with E-state index in [9.17, 15) is 14.4 Å². The van der Waals surface area contributed by atoms with Gasteiger partial charge in [0.1, 0.15) is 0 Å². The third-order valence-corrected chi connectivity index (χ3v) is 5.95. The van der Waals surface area contributed by atoms with Crippen molar-refractivity contribution >= 4 is 41.1 Å². The second kappa shape index (κ2) is 9.23. The van der Waals surface area contributed by atoms with Gasteiger partial charge in [0, 0.05) is 29.2 Å². The molecule has 154 valence electrons. The number of ether oxygens (including phenoxy) is 3. The molecule has 0 aliphatic carbocycles. The lowest BCUT2D eigenvalue weighted by Gasteiger charge is -2.14. The number of H-pyrrole nitrogens is 1. The number of aromatic nitrogens is 2. The quantitative estimate of drug-likeness (QED) is 0.381. The smallest absolute Gasteiger partial charge is 0.340 e. The molecule has 0 unspecified atom stereocenters. The van der Waals surface area contributed by atoms with E-state index in [0.717, 1.165) is 17.5 Å². The van der Waals surface area contributed by atoms with Crippen molar-refractivity contribution in [3.05, 3.63) is 39.3 Å². The summed E-state index contributed by atoms with van der Waals surface area (Å²) in [5.74, 6) is 1.000. The summed E-state index contributed by atoms with van der Waals surface area (Å²) in [7, 11) is 4.14. The SMILES string of the molecule is COC(=O)c1cc(OC)c(OC)cc1NC(=O)CSc1nc2c(c(=O)[nH]1)CSC2. The lowest BCUT2D eigenvalue weighted by Crippen LogP contribution is -2.19. The summed E-state index contributed by atoms with van der Waals surface area (Å²) in [5, 5.41) is 3.05. The summed E-state index contributed by atoms with van der Waals surface area (Å²) < 4.78 is 15.2. The van der Waals surface area contributed by atoms with Crippen molar-refractivity contribution in [3.8, 4) is 11.5 Å². The summed E-state index contributed by atoms with van der Waals surface area (Å²) in [6.07, 6.45) is 0. The second-order valence-electron chi connectivity index (χ2n) is 5.87. The Bertz CT molecular complexity index is 1010. The average Bonchev–Trinajstić information content (AvgIpc) is 3.20. The number of nitrogens with one attached hydrogen (secondary N) is 2. The highest BCUT2D eigenvalue weighted by Crippen LogP contribution is 2.34. The molecule has 0 atom stereocenters. The van der Waals surface area contributed by atoms with Crippen molar-refractivity contribution in [3.63, 3.8) is 0 Å². The van der Waals surface area contributed by atoms with Crippen LogP contribution in [0.1, 0.15) is 21.6 Å². The van der Waals surface area contributed by atoms with E-state index in [1.54, 1.807) is 11.8 Å². The molecule has 2 heterocycles. The molecule has 2 aromatic rings. The van der Waals surface area contributed by atoms with Gasteiger partial charge in [-0.15, -0.1) is 0 Å². The maximum atomic E-state index is 12.4. The van der Waals surface area contributed by atoms with E-state index in [1.807, 2.05) is 0 Å². The lowest BCUT2D eigenvalue weighted by atomic mass is 10.1. The van der Waals surface area contributed by atoms with Gasteiger partial charge in [-0.1, -0.05) is 11.8 Å². The van der Waals surface area contributed by atoms with Gasteiger partial charge in [0.2, 0.25) is 5.91 Å². The minimum absolute atomic E-state index is 0.0101. The van der Waals surface area contributed by atoms with E-state index >= 15 is 0 Å². The maximum Gasteiger partial charge on any atom is 0.340 e. The number of hydrogen-bond donors (Lipinski definition) is 2. The number of amides is 1. The summed E-state index contributed by atoms with van der Waals surface area (Å²) >= 11 is 2.73. The largest absolute Gasteiger partial charge is 0.493 e. The van der Waals surface area contributed by atoms with Crippen LogP contribution in [0.25, 0.3) is 0 Å². The van der Waals surface area contributed by atoms with Gasteiger partial charge in [-0.25, -0.2) is 9.78 Å². The van der Waals surface area contributed by atoms with Gasteiger partial charge in [0.15, 0.2) is 16.7 Å². The number of thioether (sulfide) groups is 2. The first-order chi connectivity index (χ1) is 14.0. The van der Waals surface area contributed by atoms with Crippen molar-refractivity contribution in [2.24, 2.45) is 0 Å². The van der Waals surface area contributed by atoms with E-state index in [0.29, 0.717) is 33.7 Å². The third kappa shape index (κ3) is 4.67. The molecular weight excluding hydrogens is 418 g/mol. The number of nitrogens with zero attached hydrogens (tertiary/aromatic N) is 1. The van der Waals surface area contributed by atoms with Crippen LogP contribution < -0.4 is 20.3 Å². The standard InChI is InChI=1S/C18H19N3O6S2/c1-25-13-4-9(17(24)27-3)11(5-14(13)26-2)19-15(22)8-29-18-20-12-7-28-6-10(12)16(23)21-18/h4-5H,6-8H2,1-3H3,(H,19,22)(H,20,21,23). The number of carbonyl (C=O) groups is 2. The monoisotopic (exact) mass is 437 g/mol. The molecule has 11 heteroatoms. The highest BCUT2D eigenvalue weighted by Gasteiger charge is 2.20. The van der Waals surface area contributed by atoms with Crippen LogP contribution >= 0.6 is 23.5 Å². The van der Waals surface area contributed by atoms with Crippen molar-refractivity contribution in [2.75, 3.05) is 32.4 Å². The van der Waals surface area contributed by atoms with Gasteiger partial charge in [-0.3, -0.25) is 9.59 Å². The number of hydrogen-bond acceptors (Lipinski definition) is 9. The van der Waals surface area contributed by atoms with Crippen molar-refractivity contribution in [1.82, 2.24) is 9.97 Å². The Morgan fingerprint density at radius 2 is 1.93 bits per heavy atom. The number of benzene rings is 1. The van der Waals surface area contributed by atoms with Crippen LogP contribution in [0.15, 0.2) is 22.1 Å². The predicted octanol–water partition coefficient (Wildman–Crippen LogP) is 2.05. The topological polar surface area (TPSA) is 120 Å². The number of anilines is 1. The highest BCUT2D eigenvalue weighted by molar-refractivity contribution is 7.99. The number of aromatic amines is 1. The molecule has 0 bridgehead atoms. The fraction of sp³-hybridized carbons (Fsp3) is 0.333. The zero-order valence-electron chi connectivity index (χ0n) is 16.0. The Kier molecular flexibility index (Phi) is 6.70. The summed E-state index contributed by atoms with van der Waals surface area (Å²) in [5.41, 5.74) is 1.64. The van der Waals surface area contributed by atoms with Crippen LogP contribution in [0.2, 0.25) is 0 Å². The molecule has 0 saturated heterocycles. The van der Waals surface area contributed by atoms with Crippen LogP contribution in [0.4, 0.5) is 5.69 Å². The first-order valence-corrected chi connectivity index (χ1v) is 10.6. The van der Waals surface area contributed by atoms with Crippen molar-refractivity contribution in [2.45, 2.75) is 16.7 Å². The molecule has 0 spiro atoms. The van der Waals surface area contributed by atoms with E-state index < -0.39 is 5.97 Å². The van der Waals surface area contributed by atoms with E-state index in [1.165, 1.54) is 33.5 Å². The average molecular weight is 437 g/mol. The molecule has 29 heavy (non-hydrogen) atoms. The van der Waals surface area contributed by atoms with E-state index in [4.69, 9.17) is 14.2 Å². The molecule has 0 radical (unpaired) electrons. The highest BCUT2D eigenvalue weighted by atomic mass is 32.2. The number of rotatable bonds is 7. The molecule has 1 aromatic heterocycles. The van der Waals surface area contributed by atoms with Gasteiger partial charge in [-0.05, 0) is 0 Å². The summed E-state index contributed by atoms with van der Waals surface area (Å²) in [6, 6.07) is 2.92. The lowest BCUT2D eigenvalue weighted by molar-refractivity contribution is -0.113. The van der Waals surface area contributed by atoms with Crippen molar-refractivity contribution in [1.29, 1.82) is 0 Å². The third-order valence-electron chi connectivity index (χ3n) is 4.11. The number of carbonyl (C=O) groups excluding carboxylic acids is 2. The number of fused-ring (bicyclic) bond motifs is 1. The first-order valence-electron chi connectivity index (χ1n) is 8.43.